The van der Waals surface area contributed by atoms with Crippen molar-refractivity contribution in [3.8, 4) is 23.0 Å². The Morgan fingerprint density at radius 3 is 2.00 bits per heavy atom. The van der Waals surface area contributed by atoms with Gasteiger partial charge in [-0.1, -0.05) is 29.4 Å². The maximum atomic E-state index is 12.5. The van der Waals surface area contributed by atoms with E-state index in [0.717, 1.165) is 5.56 Å². The van der Waals surface area contributed by atoms with Crippen LogP contribution in [0.1, 0.15) is 17.5 Å². The lowest BCUT2D eigenvalue weighted by molar-refractivity contribution is -0.113. The van der Waals surface area contributed by atoms with Gasteiger partial charge in [0.05, 0.1) is 26.4 Å². The Hall–Kier alpha value is -3.78. The van der Waals surface area contributed by atoms with E-state index in [1.54, 1.807) is 42.5 Å². The molecule has 0 aliphatic carbocycles. The number of phenolic OH excluding ortho intramolecular Hbond substituents is 2. The van der Waals surface area contributed by atoms with Crippen molar-refractivity contribution in [2.75, 3.05) is 41.5 Å². The Morgan fingerprint density at radius 2 is 1.48 bits per heavy atom. The number of methoxy groups -OCH3 is 2. The van der Waals surface area contributed by atoms with Gasteiger partial charge in [-0.25, -0.2) is 0 Å². The van der Waals surface area contributed by atoms with Crippen molar-refractivity contribution in [2.24, 2.45) is 5.16 Å². The number of aromatic hydroxyl groups is 2. The topological polar surface area (TPSA) is 101 Å². The van der Waals surface area contributed by atoms with E-state index >= 15 is 0 Å². The summed E-state index contributed by atoms with van der Waals surface area (Å²) in [5.41, 5.74) is 1.93. The summed E-state index contributed by atoms with van der Waals surface area (Å²) in [4.78, 5) is 19.9. The highest BCUT2D eigenvalue weighted by Gasteiger charge is 2.06. The first kappa shape index (κ1) is 25.5. The van der Waals surface area contributed by atoms with Crippen molar-refractivity contribution in [2.45, 2.75) is 6.42 Å². The molecule has 176 valence electrons. The molecule has 0 fully saturated rings. The highest BCUT2D eigenvalue weighted by Crippen LogP contribution is 2.27. The zero-order valence-electron chi connectivity index (χ0n) is 19.3. The molecule has 2 N–H and O–H groups in total. The molecule has 2 aromatic rings. The van der Waals surface area contributed by atoms with Gasteiger partial charge in [0.25, 0.3) is 0 Å². The van der Waals surface area contributed by atoms with Crippen LogP contribution in [0, 0.1) is 0 Å². The summed E-state index contributed by atoms with van der Waals surface area (Å²) in [6.45, 7) is 1.07. The van der Waals surface area contributed by atoms with Crippen LogP contribution >= 0.6 is 0 Å². The number of ketones is 1. The number of likely N-dealkylation sites (N-methyl/N-ethyl adjacent to an activating group) is 1. The second-order valence-corrected chi connectivity index (χ2v) is 7.39. The van der Waals surface area contributed by atoms with Crippen LogP contribution in [0.2, 0.25) is 0 Å². The van der Waals surface area contributed by atoms with Gasteiger partial charge in [-0.3, -0.25) is 4.79 Å². The van der Waals surface area contributed by atoms with Crippen molar-refractivity contribution in [1.82, 2.24) is 4.90 Å². The summed E-state index contributed by atoms with van der Waals surface area (Å²) >= 11 is 0. The van der Waals surface area contributed by atoms with Crippen LogP contribution in [0.3, 0.4) is 0 Å². The third kappa shape index (κ3) is 8.70. The SMILES string of the molecule is COc1cc(C=CC(=O)CC(C=Cc2ccc(O)c(OC)c2)=NOCCN(C)C)ccc1O. The van der Waals surface area contributed by atoms with Gasteiger partial charge >= 0.3 is 0 Å². The number of phenols is 2. The van der Waals surface area contributed by atoms with Gasteiger partial charge in [-0.2, -0.15) is 0 Å². The minimum absolute atomic E-state index is 0.0272. The third-order valence-corrected chi connectivity index (χ3v) is 4.50. The molecular weight excluding hydrogens is 424 g/mol. The van der Waals surface area contributed by atoms with Crippen molar-refractivity contribution < 1.29 is 29.3 Å². The van der Waals surface area contributed by atoms with Crippen LogP contribution in [-0.4, -0.2) is 68.1 Å². The minimum Gasteiger partial charge on any atom is -0.504 e. The summed E-state index contributed by atoms with van der Waals surface area (Å²) in [5, 5.41) is 23.6. The van der Waals surface area contributed by atoms with E-state index in [2.05, 4.69) is 5.16 Å². The molecule has 0 aliphatic rings. The molecule has 0 bridgehead atoms. The molecule has 2 aromatic carbocycles. The molecule has 33 heavy (non-hydrogen) atoms. The quantitative estimate of drug-likeness (QED) is 0.218. The van der Waals surface area contributed by atoms with Crippen molar-refractivity contribution in [3.05, 3.63) is 59.7 Å². The van der Waals surface area contributed by atoms with E-state index in [1.807, 2.05) is 19.0 Å². The van der Waals surface area contributed by atoms with Crippen molar-refractivity contribution in [3.63, 3.8) is 0 Å². The largest absolute Gasteiger partial charge is 0.504 e. The number of benzene rings is 2. The Bertz CT molecular complexity index is 1030. The van der Waals surface area contributed by atoms with E-state index in [9.17, 15) is 15.0 Å². The smallest absolute Gasteiger partial charge is 0.161 e. The lowest BCUT2D eigenvalue weighted by Gasteiger charge is -2.08. The number of hydrogen-bond donors (Lipinski definition) is 2. The molecule has 0 atom stereocenters. The van der Waals surface area contributed by atoms with E-state index in [0.29, 0.717) is 35.9 Å². The number of oxime groups is 1. The number of rotatable bonds is 12. The second kappa shape index (κ2) is 12.9. The van der Waals surface area contributed by atoms with Gasteiger partial charge in [0.1, 0.15) is 6.61 Å². The molecule has 2 rings (SSSR count). The molecule has 0 amide bonds. The van der Waals surface area contributed by atoms with Crippen molar-refractivity contribution >= 4 is 23.6 Å². The molecule has 0 saturated heterocycles. The predicted octanol–water partition coefficient (Wildman–Crippen LogP) is 3.74. The number of carbonyl (C=O) groups excluding carboxylic acids is 1. The summed E-state index contributed by atoms with van der Waals surface area (Å²) in [7, 11) is 6.79. The first-order valence-electron chi connectivity index (χ1n) is 10.3. The van der Waals surface area contributed by atoms with Crippen LogP contribution in [-0.2, 0) is 9.63 Å². The lowest BCUT2D eigenvalue weighted by atomic mass is 10.1. The Balaban J connectivity index is 2.14. The zero-order valence-corrected chi connectivity index (χ0v) is 19.3. The number of allylic oxidation sites excluding steroid dienone is 2. The van der Waals surface area contributed by atoms with E-state index in [1.165, 1.54) is 32.4 Å². The van der Waals surface area contributed by atoms with Crippen molar-refractivity contribution in [1.29, 1.82) is 0 Å². The van der Waals surface area contributed by atoms with Gasteiger partial charge in [0, 0.05) is 6.54 Å². The standard InChI is InChI=1S/C25H30N2O6/c1-27(2)13-14-33-26-20(9-5-18-7-11-22(29)24(15-18)31-3)17-21(28)10-6-19-8-12-23(30)25(16-19)32-4/h5-12,15-16,29-30H,13-14,17H2,1-4H3. The average Bonchev–Trinajstić information content (AvgIpc) is 2.80. The molecule has 0 spiro atoms. The minimum atomic E-state index is -0.176. The maximum absolute atomic E-state index is 12.5. The Morgan fingerprint density at radius 1 is 0.939 bits per heavy atom. The summed E-state index contributed by atoms with van der Waals surface area (Å²) in [5.74, 6) is 0.572. The molecule has 8 nitrogen and oxygen atoms in total. The Labute approximate surface area is 194 Å². The summed E-state index contributed by atoms with van der Waals surface area (Å²) in [6, 6.07) is 9.75. The van der Waals surface area contributed by atoms with Gasteiger partial charge in [0.2, 0.25) is 0 Å². The first-order chi connectivity index (χ1) is 15.8. The number of nitrogens with zero attached hydrogens (tertiary/aromatic N) is 2. The molecular formula is C25H30N2O6. The highest BCUT2D eigenvalue weighted by molar-refractivity contribution is 6.13. The number of ether oxygens (including phenoxy) is 2. The molecule has 0 aromatic heterocycles. The summed E-state index contributed by atoms with van der Waals surface area (Å²) < 4.78 is 10.2. The van der Waals surface area contributed by atoms with E-state index in [-0.39, 0.29) is 23.7 Å². The number of carbonyl (C=O) groups is 1. The second-order valence-electron chi connectivity index (χ2n) is 7.39. The highest BCUT2D eigenvalue weighted by atomic mass is 16.6. The fourth-order valence-electron chi connectivity index (χ4n) is 2.69. The van der Waals surface area contributed by atoms with Gasteiger partial charge in [-0.15, -0.1) is 0 Å². The molecule has 0 saturated carbocycles. The molecule has 0 aliphatic heterocycles. The van der Waals surface area contributed by atoms with Crippen LogP contribution in [0.5, 0.6) is 23.0 Å². The van der Waals surface area contributed by atoms with Gasteiger partial charge in [0.15, 0.2) is 28.8 Å². The van der Waals surface area contributed by atoms with E-state index in [4.69, 9.17) is 14.3 Å². The Kier molecular flexibility index (Phi) is 9.98. The average molecular weight is 455 g/mol. The van der Waals surface area contributed by atoms with E-state index < -0.39 is 0 Å². The predicted molar refractivity (Wildman–Crippen MR) is 129 cm³/mol. The molecule has 0 unspecified atom stereocenters. The zero-order chi connectivity index (χ0) is 24.2. The van der Waals surface area contributed by atoms with Gasteiger partial charge < -0.3 is 29.4 Å². The van der Waals surface area contributed by atoms with Crippen LogP contribution < -0.4 is 9.47 Å². The monoisotopic (exact) mass is 454 g/mol. The third-order valence-electron chi connectivity index (χ3n) is 4.50. The molecule has 8 heteroatoms. The van der Waals surface area contributed by atoms with Crippen LogP contribution in [0.25, 0.3) is 12.2 Å². The fraction of sp³-hybridized carbons (Fsp3) is 0.280. The first-order valence-corrected chi connectivity index (χ1v) is 10.3. The van der Waals surface area contributed by atoms with Gasteiger partial charge in [-0.05, 0) is 61.6 Å². The molecule has 0 heterocycles. The maximum Gasteiger partial charge on any atom is 0.161 e. The summed E-state index contributed by atoms with van der Waals surface area (Å²) in [6.07, 6.45) is 6.57. The number of hydrogen-bond acceptors (Lipinski definition) is 8. The lowest BCUT2D eigenvalue weighted by Crippen LogP contribution is -2.17. The van der Waals surface area contributed by atoms with Crippen LogP contribution in [0.15, 0.2) is 53.7 Å². The normalized spacial score (nSPS) is 12.0. The molecule has 0 radical (unpaired) electrons. The fourth-order valence-corrected chi connectivity index (χ4v) is 2.69. The van der Waals surface area contributed by atoms with Crippen LogP contribution in [0.4, 0.5) is 0 Å².